The van der Waals surface area contributed by atoms with E-state index in [2.05, 4.69) is 10.6 Å². The van der Waals surface area contributed by atoms with Gasteiger partial charge in [0.2, 0.25) is 11.8 Å². The first-order valence-corrected chi connectivity index (χ1v) is 10.4. The second-order valence-corrected chi connectivity index (χ2v) is 8.57. The van der Waals surface area contributed by atoms with Crippen molar-refractivity contribution in [2.75, 3.05) is 23.4 Å². The maximum Gasteiger partial charge on any atom is 0.253 e. The van der Waals surface area contributed by atoms with Gasteiger partial charge in [0.05, 0.1) is 23.8 Å². The van der Waals surface area contributed by atoms with Crippen LogP contribution in [-0.4, -0.2) is 36.4 Å². The summed E-state index contributed by atoms with van der Waals surface area (Å²) < 4.78 is 5.44. The van der Waals surface area contributed by atoms with Crippen LogP contribution in [0.3, 0.4) is 0 Å². The minimum absolute atomic E-state index is 0.108. The average Bonchev–Trinajstić information content (AvgIpc) is 3.10. The predicted molar refractivity (Wildman–Crippen MR) is 120 cm³/mol. The minimum atomic E-state index is -0.502. The molecule has 1 aliphatic heterocycles. The molecule has 1 fully saturated rings. The molecule has 1 heterocycles. The van der Waals surface area contributed by atoms with E-state index in [1.807, 2.05) is 52.0 Å². The van der Waals surface area contributed by atoms with Crippen molar-refractivity contribution in [1.82, 2.24) is 5.32 Å². The number of nitrogens with zero attached hydrogens (tertiary/aromatic N) is 1. The molecule has 1 atom stereocenters. The van der Waals surface area contributed by atoms with Gasteiger partial charge in [-0.15, -0.1) is 0 Å². The zero-order valence-corrected chi connectivity index (χ0v) is 18.4. The largest absolute Gasteiger partial charge is 0.494 e. The molecule has 0 saturated carbocycles. The van der Waals surface area contributed by atoms with E-state index in [4.69, 9.17) is 4.74 Å². The van der Waals surface area contributed by atoms with Crippen molar-refractivity contribution in [2.45, 2.75) is 39.7 Å². The number of nitrogens with one attached hydrogen (secondary N) is 2. The van der Waals surface area contributed by atoms with Crippen molar-refractivity contribution in [3.05, 3.63) is 54.1 Å². The molecule has 1 saturated heterocycles. The Kier molecular flexibility index (Phi) is 6.63. The molecule has 7 heteroatoms. The van der Waals surface area contributed by atoms with Gasteiger partial charge in [-0.25, -0.2) is 0 Å². The maximum absolute atomic E-state index is 12.9. The Balaban J connectivity index is 1.69. The molecule has 1 aliphatic rings. The Labute approximate surface area is 182 Å². The normalized spacial score (nSPS) is 16.2. The van der Waals surface area contributed by atoms with Gasteiger partial charge in [-0.3, -0.25) is 14.4 Å². The maximum atomic E-state index is 12.9. The van der Waals surface area contributed by atoms with Crippen molar-refractivity contribution < 1.29 is 19.1 Å². The number of carbonyl (C=O) groups excluding carboxylic acids is 3. The summed E-state index contributed by atoms with van der Waals surface area (Å²) in [4.78, 5) is 39.7. The number of ether oxygens (including phenoxy) is 1. The van der Waals surface area contributed by atoms with Crippen LogP contribution in [0.5, 0.6) is 5.75 Å². The lowest BCUT2D eigenvalue weighted by atomic mass is 10.1. The molecule has 164 valence electrons. The first-order valence-electron chi connectivity index (χ1n) is 10.4. The average molecular weight is 424 g/mol. The number of rotatable bonds is 6. The van der Waals surface area contributed by atoms with Crippen LogP contribution in [0.15, 0.2) is 48.5 Å². The van der Waals surface area contributed by atoms with Gasteiger partial charge in [-0.05, 0) is 64.1 Å². The van der Waals surface area contributed by atoms with E-state index in [1.165, 1.54) is 0 Å². The van der Waals surface area contributed by atoms with Crippen LogP contribution in [0.1, 0.15) is 44.5 Å². The third-order valence-corrected chi connectivity index (χ3v) is 4.87. The summed E-state index contributed by atoms with van der Waals surface area (Å²) in [7, 11) is 0. The molecular weight excluding hydrogens is 394 g/mol. The fourth-order valence-corrected chi connectivity index (χ4v) is 3.45. The SMILES string of the molecule is CCOc1ccc(N2C[C@@H](C(=O)Nc3ccccc3C(=O)NC(C)(C)C)CC2=O)cc1. The zero-order chi connectivity index (χ0) is 22.6. The number of carbonyl (C=O) groups is 3. The summed E-state index contributed by atoms with van der Waals surface area (Å²) in [5.74, 6) is -0.419. The molecule has 3 rings (SSSR count). The number of para-hydroxylation sites is 1. The summed E-state index contributed by atoms with van der Waals surface area (Å²) in [6, 6.07) is 14.1. The van der Waals surface area contributed by atoms with Gasteiger partial charge in [0.1, 0.15) is 5.75 Å². The molecule has 3 amide bonds. The molecule has 0 aliphatic carbocycles. The molecule has 0 aromatic heterocycles. The lowest BCUT2D eigenvalue weighted by molar-refractivity contribution is -0.122. The summed E-state index contributed by atoms with van der Waals surface area (Å²) in [5, 5.41) is 5.74. The fraction of sp³-hybridized carbons (Fsp3) is 0.375. The molecule has 2 aromatic rings. The monoisotopic (exact) mass is 423 g/mol. The number of anilines is 2. The Morgan fingerprint density at radius 1 is 1.10 bits per heavy atom. The number of amides is 3. The van der Waals surface area contributed by atoms with E-state index in [1.54, 1.807) is 29.2 Å². The number of benzene rings is 2. The minimum Gasteiger partial charge on any atom is -0.494 e. The van der Waals surface area contributed by atoms with E-state index in [9.17, 15) is 14.4 Å². The highest BCUT2D eigenvalue weighted by Crippen LogP contribution is 2.28. The molecule has 0 spiro atoms. The first kappa shape index (κ1) is 22.3. The van der Waals surface area contributed by atoms with E-state index in [-0.39, 0.29) is 30.7 Å². The van der Waals surface area contributed by atoms with Crippen LogP contribution in [0, 0.1) is 5.92 Å². The summed E-state index contributed by atoms with van der Waals surface area (Å²) in [6.45, 7) is 8.45. The second kappa shape index (κ2) is 9.20. The van der Waals surface area contributed by atoms with Gasteiger partial charge in [0.15, 0.2) is 0 Å². The van der Waals surface area contributed by atoms with Gasteiger partial charge >= 0.3 is 0 Å². The zero-order valence-electron chi connectivity index (χ0n) is 18.4. The van der Waals surface area contributed by atoms with Crippen LogP contribution in [0.4, 0.5) is 11.4 Å². The highest BCUT2D eigenvalue weighted by Gasteiger charge is 2.35. The third-order valence-electron chi connectivity index (χ3n) is 4.87. The standard InChI is InChI=1S/C24H29N3O4/c1-5-31-18-12-10-17(11-13-18)27-15-16(14-21(27)28)22(29)25-20-9-7-6-8-19(20)23(30)26-24(2,3)4/h6-13,16H,5,14-15H2,1-4H3,(H,25,29)(H,26,30)/t16-/m0/s1. The second-order valence-electron chi connectivity index (χ2n) is 8.57. The van der Waals surface area contributed by atoms with Crippen LogP contribution in [0.2, 0.25) is 0 Å². The van der Waals surface area contributed by atoms with Gasteiger partial charge in [-0.2, -0.15) is 0 Å². The summed E-state index contributed by atoms with van der Waals surface area (Å²) in [5.41, 5.74) is 1.15. The molecule has 7 nitrogen and oxygen atoms in total. The van der Waals surface area contributed by atoms with Gasteiger partial charge in [0.25, 0.3) is 5.91 Å². The van der Waals surface area contributed by atoms with E-state index in [0.717, 1.165) is 11.4 Å². The highest BCUT2D eigenvalue weighted by atomic mass is 16.5. The van der Waals surface area contributed by atoms with Crippen LogP contribution >= 0.6 is 0 Å². The van der Waals surface area contributed by atoms with Crippen molar-refractivity contribution in [1.29, 1.82) is 0 Å². The topological polar surface area (TPSA) is 87.7 Å². The first-order chi connectivity index (χ1) is 14.7. The Morgan fingerprint density at radius 2 is 1.77 bits per heavy atom. The molecule has 0 unspecified atom stereocenters. The lowest BCUT2D eigenvalue weighted by Gasteiger charge is -2.22. The van der Waals surface area contributed by atoms with E-state index < -0.39 is 11.5 Å². The molecule has 2 aromatic carbocycles. The summed E-state index contributed by atoms with van der Waals surface area (Å²) >= 11 is 0. The fourth-order valence-electron chi connectivity index (χ4n) is 3.45. The van der Waals surface area contributed by atoms with E-state index in [0.29, 0.717) is 17.9 Å². The number of hydrogen-bond acceptors (Lipinski definition) is 4. The molecule has 0 bridgehead atoms. The van der Waals surface area contributed by atoms with Crippen LogP contribution in [-0.2, 0) is 9.59 Å². The predicted octanol–water partition coefficient (Wildman–Crippen LogP) is 3.61. The number of hydrogen-bond donors (Lipinski definition) is 2. The van der Waals surface area contributed by atoms with E-state index >= 15 is 0 Å². The van der Waals surface area contributed by atoms with Gasteiger partial charge < -0.3 is 20.3 Å². The molecule has 2 N–H and O–H groups in total. The van der Waals surface area contributed by atoms with Crippen molar-refractivity contribution in [3.63, 3.8) is 0 Å². The molecule has 0 radical (unpaired) electrons. The highest BCUT2D eigenvalue weighted by molar-refractivity contribution is 6.07. The quantitative estimate of drug-likeness (QED) is 0.743. The lowest BCUT2D eigenvalue weighted by Crippen LogP contribution is -2.41. The Morgan fingerprint density at radius 3 is 2.42 bits per heavy atom. The molecule has 31 heavy (non-hydrogen) atoms. The smallest absolute Gasteiger partial charge is 0.253 e. The van der Waals surface area contributed by atoms with Gasteiger partial charge in [0, 0.05) is 24.2 Å². The summed E-state index contributed by atoms with van der Waals surface area (Å²) in [6.07, 6.45) is 0.120. The van der Waals surface area contributed by atoms with Crippen molar-refractivity contribution in [2.24, 2.45) is 5.92 Å². The Hall–Kier alpha value is -3.35. The molecular formula is C24H29N3O4. The van der Waals surface area contributed by atoms with Gasteiger partial charge in [-0.1, -0.05) is 12.1 Å². The third kappa shape index (κ3) is 5.63. The Bertz CT molecular complexity index is 964. The van der Waals surface area contributed by atoms with Crippen molar-refractivity contribution >= 4 is 29.1 Å². The van der Waals surface area contributed by atoms with Crippen molar-refractivity contribution in [3.8, 4) is 5.75 Å². The van der Waals surface area contributed by atoms with Crippen LogP contribution in [0.25, 0.3) is 0 Å². The van der Waals surface area contributed by atoms with Crippen LogP contribution < -0.4 is 20.3 Å².